The Kier molecular flexibility index (Phi) is 4.63. The molecule has 1 aromatic heterocycles. The van der Waals surface area contributed by atoms with Crippen molar-refractivity contribution in [1.29, 1.82) is 0 Å². The molecule has 0 spiro atoms. The highest BCUT2D eigenvalue weighted by Crippen LogP contribution is 2.22. The summed E-state index contributed by atoms with van der Waals surface area (Å²) < 4.78 is 26.4. The van der Waals surface area contributed by atoms with E-state index in [0.717, 1.165) is 11.6 Å². The molecule has 3 nitrogen and oxygen atoms in total. The molecule has 0 saturated heterocycles. The Morgan fingerprint density at radius 1 is 1.25 bits per heavy atom. The van der Waals surface area contributed by atoms with Crippen molar-refractivity contribution < 1.29 is 8.78 Å². The topological polar surface area (TPSA) is 50.9 Å². The van der Waals surface area contributed by atoms with Gasteiger partial charge in [-0.3, -0.25) is 0 Å². The van der Waals surface area contributed by atoms with E-state index in [1.54, 1.807) is 18.3 Å². The minimum Gasteiger partial charge on any atom is -0.383 e. The van der Waals surface area contributed by atoms with Gasteiger partial charge in [-0.1, -0.05) is 19.1 Å². The third-order valence-electron chi connectivity index (χ3n) is 3.15. The molecule has 0 radical (unpaired) electrons. The molecule has 2 rings (SSSR count). The first-order valence-electron chi connectivity index (χ1n) is 6.49. The molecule has 1 heterocycles. The van der Waals surface area contributed by atoms with Gasteiger partial charge in [0, 0.05) is 12.2 Å². The van der Waals surface area contributed by atoms with Gasteiger partial charge in [-0.15, -0.1) is 0 Å². The van der Waals surface area contributed by atoms with Crippen molar-refractivity contribution in [2.45, 2.75) is 19.4 Å². The molecule has 2 aromatic rings. The molecule has 0 bridgehead atoms. The van der Waals surface area contributed by atoms with Crippen LogP contribution in [0.1, 0.15) is 24.1 Å². The van der Waals surface area contributed by atoms with Gasteiger partial charge in [0.15, 0.2) is 11.6 Å². The minimum atomic E-state index is -0.843. The average Bonchev–Trinajstić information content (AvgIpc) is 2.44. The van der Waals surface area contributed by atoms with Crippen LogP contribution in [-0.4, -0.2) is 11.5 Å². The first-order valence-corrected chi connectivity index (χ1v) is 6.49. The molecule has 5 heteroatoms. The Morgan fingerprint density at radius 3 is 2.70 bits per heavy atom. The Balaban J connectivity index is 2.27. The van der Waals surface area contributed by atoms with Gasteiger partial charge in [0.05, 0.1) is 0 Å². The molecule has 0 fully saturated rings. The molecular formula is C15H17F2N3. The molecule has 20 heavy (non-hydrogen) atoms. The van der Waals surface area contributed by atoms with Gasteiger partial charge in [0.2, 0.25) is 0 Å². The third-order valence-corrected chi connectivity index (χ3v) is 3.15. The number of nitrogens with zero attached hydrogens (tertiary/aromatic N) is 1. The summed E-state index contributed by atoms with van der Waals surface area (Å²) in [7, 11) is 0. The van der Waals surface area contributed by atoms with Crippen LogP contribution in [0.3, 0.4) is 0 Å². The van der Waals surface area contributed by atoms with E-state index in [9.17, 15) is 8.78 Å². The second-order valence-corrected chi connectivity index (χ2v) is 4.54. The summed E-state index contributed by atoms with van der Waals surface area (Å²) in [6.07, 6.45) is 2.19. The molecule has 0 aliphatic carbocycles. The van der Waals surface area contributed by atoms with Crippen molar-refractivity contribution in [3.05, 3.63) is 59.3 Å². The fourth-order valence-corrected chi connectivity index (χ4v) is 2.13. The highest BCUT2D eigenvalue weighted by atomic mass is 19.2. The number of rotatable bonds is 5. The lowest BCUT2D eigenvalue weighted by Gasteiger charge is -2.19. The fourth-order valence-electron chi connectivity index (χ4n) is 2.13. The van der Waals surface area contributed by atoms with E-state index in [-0.39, 0.29) is 6.04 Å². The van der Waals surface area contributed by atoms with Crippen molar-refractivity contribution in [2.24, 2.45) is 0 Å². The second kappa shape index (κ2) is 6.43. The molecule has 0 aliphatic heterocycles. The van der Waals surface area contributed by atoms with Crippen LogP contribution in [0.25, 0.3) is 0 Å². The number of pyridine rings is 1. The second-order valence-electron chi connectivity index (χ2n) is 4.54. The zero-order valence-corrected chi connectivity index (χ0v) is 11.2. The van der Waals surface area contributed by atoms with Crippen molar-refractivity contribution >= 4 is 5.82 Å². The van der Waals surface area contributed by atoms with E-state index >= 15 is 0 Å². The molecule has 1 atom stereocenters. The zero-order valence-electron chi connectivity index (χ0n) is 11.2. The van der Waals surface area contributed by atoms with Crippen LogP contribution >= 0.6 is 0 Å². The summed E-state index contributed by atoms with van der Waals surface area (Å²) in [6.45, 7) is 2.67. The number of benzene rings is 1. The van der Waals surface area contributed by atoms with Crippen LogP contribution in [-0.2, 0) is 6.42 Å². The average molecular weight is 277 g/mol. The van der Waals surface area contributed by atoms with Crippen LogP contribution in [0, 0.1) is 11.6 Å². The lowest BCUT2D eigenvalue weighted by Crippen LogP contribution is -2.23. The summed E-state index contributed by atoms with van der Waals surface area (Å²) in [4.78, 5) is 4.03. The van der Waals surface area contributed by atoms with Gasteiger partial charge in [-0.25, -0.2) is 13.8 Å². The van der Waals surface area contributed by atoms with E-state index in [4.69, 9.17) is 5.73 Å². The van der Waals surface area contributed by atoms with Gasteiger partial charge in [0.1, 0.15) is 5.82 Å². The van der Waals surface area contributed by atoms with Gasteiger partial charge in [-0.05, 0) is 42.3 Å². The molecule has 0 amide bonds. The summed E-state index contributed by atoms with van der Waals surface area (Å²) in [5.74, 6) is -1.23. The molecule has 0 saturated carbocycles. The number of likely N-dealkylation sites (N-methyl/N-ethyl adjacent to an activating group) is 1. The molecular weight excluding hydrogens is 260 g/mol. The van der Waals surface area contributed by atoms with Crippen molar-refractivity contribution in [2.75, 3.05) is 12.3 Å². The number of hydrogen-bond acceptors (Lipinski definition) is 3. The molecule has 0 aliphatic rings. The summed E-state index contributed by atoms with van der Waals surface area (Å²) in [6, 6.07) is 7.49. The lowest BCUT2D eigenvalue weighted by atomic mass is 9.99. The minimum absolute atomic E-state index is 0.137. The van der Waals surface area contributed by atoms with E-state index in [1.807, 2.05) is 13.0 Å². The maximum absolute atomic E-state index is 13.4. The third kappa shape index (κ3) is 3.30. The first-order chi connectivity index (χ1) is 9.61. The van der Waals surface area contributed by atoms with E-state index in [1.165, 1.54) is 6.07 Å². The number of nitrogens with one attached hydrogen (secondary N) is 1. The number of nitrogen functional groups attached to an aromatic ring is 1. The number of nitrogens with two attached hydrogens (primary N) is 1. The van der Waals surface area contributed by atoms with Crippen LogP contribution in [0.2, 0.25) is 0 Å². The number of aromatic nitrogens is 1. The Hall–Kier alpha value is -2.01. The number of hydrogen-bond donors (Lipinski definition) is 2. The molecule has 1 unspecified atom stereocenters. The van der Waals surface area contributed by atoms with Crippen LogP contribution in [0.5, 0.6) is 0 Å². The molecule has 3 N–H and O–H groups in total. The van der Waals surface area contributed by atoms with E-state index in [2.05, 4.69) is 10.3 Å². The van der Waals surface area contributed by atoms with Gasteiger partial charge in [-0.2, -0.15) is 0 Å². The lowest BCUT2D eigenvalue weighted by molar-refractivity contribution is 0.497. The SMILES string of the molecule is CCNC(Cc1cccnc1N)c1ccc(F)c(F)c1. The first kappa shape index (κ1) is 14.4. The van der Waals surface area contributed by atoms with E-state index in [0.29, 0.717) is 24.3 Å². The smallest absolute Gasteiger partial charge is 0.159 e. The maximum atomic E-state index is 13.4. The van der Waals surface area contributed by atoms with Crippen LogP contribution in [0.15, 0.2) is 36.5 Å². The zero-order chi connectivity index (χ0) is 14.5. The number of anilines is 1. The Labute approximate surface area is 116 Å². The quantitative estimate of drug-likeness (QED) is 0.883. The van der Waals surface area contributed by atoms with Crippen molar-refractivity contribution in [3.63, 3.8) is 0 Å². The normalized spacial score (nSPS) is 12.3. The van der Waals surface area contributed by atoms with Crippen LogP contribution in [0.4, 0.5) is 14.6 Å². The van der Waals surface area contributed by atoms with Crippen molar-refractivity contribution in [1.82, 2.24) is 10.3 Å². The Bertz CT molecular complexity index is 587. The van der Waals surface area contributed by atoms with Gasteiger partial charge >= 0.3 is 0 Å². The van der Waals surface area contributed by atoms with Gasteiger partial charge < -0.3 is 11.1 Å². The predicted molar refractivity (Wildman–Crippen MR) is 75.1 cm³/mol. The largest absolute Gasteiger partial charge is 0.383 e. The maximum Gasteiger partial charge on any atom is 0.159 e. The highest BCUT2D eigenvalue weighted by molar-refractivity contribution is 5.40. The van der Waals surface area contributed by atoms with Gasteiger partial charge in [0.25, 0.3) is 0 Å². The van der Waals surface area contributed by atoms with Crippen LogP contribution < -0.4 is 11.1 Å². The summed E-state index contributed by atoms with van der Waals surface area (Å²) in [5.41, 5.74) is 7.39. The molecule has 106 valence electrons. The summed E-state index contributed by atoms with van der Waals surface area (Å²) >= 11 is 0. The fraction of sp³-hybridized carbons (Fsp3) is 0.267. The summed E-state index contributed by atoms with van der Waals surface area (Å²) in [5, 5.41) is 3.25. The highest BCUT2D eigenvalue weighted by Gasteiger charge is 2.15. The van der Waals surface area contributed by atoms with E-state index < -0.39 is 11.6 Å². The monoisotopic (exact) mass is 277 g/mol. The standard InChI is InChI=1S/C15H17F2N3/c1-2-19-14(9-11-4-3-7-20-15(11)18)10-5-6-12(16)13(17)8-10/h3-8,14,19H,2,9H2,1H3,(H2,18,20). The number of halogens is 2. The molecule has 1 aromatic carbocycles. The Morgan fingerprint density at radius 2 is 2.05 bits per heavy atom. The van der Waals surface area contributed by atoms with Crippen molar-refractivity contribution in [3.8, 4) is 0 Å². The predicted octanol–water partition coefficient (Wildman–Crippen LogP) is 2.84.